The summed E-state index contributed by atoms with van der Waals surface area (Å²) in [6, 6.07) is 9.45. The first-order valence-corrected chi connectivity index (χ1v) is 9.67. The van der Waals surface area contributed by atoms with E-state index in [0.29, 0.717) is 12.3 Å². The highest BCUT2D eigenvalue weighted by atomic mass is 32.2. The molecule has 0 saturated heterocycles. The maximum atomic E-state index is 12.3. The fraction of sp³-hybridized carbons (Fsp3) is 0.588. The summed E-state index contributed by atoms with van der Waals surface area (Å²) in [5.41, 5.74) is 0.917. The molecule has 0 aliphatic rings. The van der Waals surface area contributed by atoms with Crippen LogP contribution >= 0.6 is 0 Å². The van der Waals surface area contributed by atoms with Crippen LogP contribution in [0.15, 0.2) is 30.3 Å². The molecule has 1 aromatic rings. The standard InChI is InChI=1S/C17H27NO4S/c1-14(2)10-11-16(12-18(3)23(4,20)21)17(19)22-13-15-8-6-5-7-9-15/h5-9,14,16H,10-13H2,1-4H3. The predicted octanol–water partition coefficient (Wildman–Crippen LogP) is 2.67. The Morgan fingerprint density at radius 2 is 1.78 bits per heavy atom. The van der Waals surface area contributed by atoms with Crippen LogP contribution in [0, 0.1) is 11.8 Å². The van der Waals surface area contributed by atoms with Crippen LogP contribution in [0.4, 0.5) is 0 Å². The van der Waals surface area contributed by atoms with Gasteiger partial charge < -0.3 is 4.74 Å². The second-order valence-corrected chi connectivity index (χ2v) is 8.39. The molecule has 0 bridgehead atoms. The third-order valence-corrected chi connectivity index (χ3v) is 4.97. The fourth-order valence-electron chi connectivity index (χ4n) is 2.11. The van der Waals surface area contributed by atoms with Crippen molar-refractivity contribution >= 4 is 16.0 Å². The maximum Gasteiger partial charge on any atom is 0.310 e. The third kappa shape index (κ3) is 7.61. The number of carbonyl (C=O) groups excluding carboxylic acids is 1. The molecule has 0 radical (unpaired) electrons. The number of rotatable bonds is 9. The van der Waals surface area contributed by atoms with Crippen LogP contribution in [0.2, 0.25) is 0 Å². The van der Waals surface area contributed by atoms with Crippen molar-refractivity contribution in [1.29, 1.82) is 0 Å². The van der Waals surface area contributed by atoms with E-state index in [-0.39, 0.29) is 19.1 Å². The molecule has 6 heteroatoms. The van der Waals surface area contributed by atoms with Gasteiger partial charge in [0.25, 0.3) is 0 Å². The van der Waals surface area contributed by atoms with Crippen molar-refractivity contribution in [2.24, 2.45) is 11.8 Å². The van der Waals surface area contributed by atoms with E-state index in [9.17, 15) is 13.2 Å². The van der Waals surface area contributed by atoms with Crippen LogP contribution in [-0.2, 0) is 26.2 Å². The van der Waals surface area contributed by atoms with Gasteiger partial charge in [-0.3, -0.25) is 4.79 Å². The Morgan fingerprint density at radius 1 is 1.17 bits per heavy atom. The molecule has 5 nitrogen and oxygen atoms in total. The zero-order valence-corrected chi connectivity index (χ0v) is 15.2. The van der Waals surface area contributed by atoms with Gasteiger partial charge in [-0.15, -0.1) is 0 Å². The Kier molecular flexibility index (Phi) is 7.72. The summed E-state index contributed by atoms with van der Waals surface area (Å²) in [6.45, 7) is 4.51. The summed E-state index contributed by atoms with van der Waals surface area (Å²) in [7, 11) is -1.82. The zero-order valence-electron chi connectivity index (χ0n) is 14.4. The Balaban J connectivity index is 2.67. The molecule has 0 aliphatic carbocycles. The van der Waals surface area contributed by atoms with E-state index in [1.165, 1.54) is 11.4 Å². The topological polar surface area (TPSA) is 63.7 Å². The van der Waals surface area contributed by atoms with E-state index in [1.54, 1.807) is 0 Å². The van der Waals surface area contributed by atoms with E-state index in [0.717, 1.165) is 18.2 Å². The molecule has 0 N–H and O–H groups in total. The average molecular weight is 341 g/mol. The van der Waals surface area contributed by atoms with E-state index >= 15 is 0 Å². The molecule has 1 rings (SSSR count). The predicted molar refractivity (Wildman–Crippen MR) is 91.3 cm³/mol. The lowest BCUT2D eigenvalue weighted by Gasteiger charge is -2.22. The monoisotopic (exact) mass is 341 g/mol. The molecular weight excluding hydrogens is 314 g/mol. The number of ether oxygens (including phenoxy) is 1. The fourth-order valence-corrected chi connectivity index (χ4v) is 2.56. The zero-order chi connectivity index (χ0) is 17.5. The van der Waals surface area contributed by atoms with E-state index in [1.807, 2.05) is 30.3 Å². The van der Waals surface area contributed by atoms with Gasteiger partial charge in [0, 0.05) is 13.6 Å². The Hall–Kier alpha value is -1.40. The molecule has 1 unspecified atom stereocenters. The minimum absolute atomic E-state index is 0.152. The maximum absolute atomic E-state index is 12.3. The number of hydrogen-bond acceptors (Lipinski definition) is 4. The highest BCUT2D eigenvalue weighted by molar-refractivity contribution is 7.88. The molecule has 0 amide bonds. The first kappa shape index (κ1) is 19.6. The third-order valence-electron chi connectivity index (χ3n) is 3.69. The second kappa shape index (κ2) is 9.03. The number of sulfonamides is 1. The molecule has 1 atom stereocenters. The van der Waals surface area contributed by atoms with Gasteiger partial charge >= 0.3 is 5.97 Å². The van der Waals surface area contributed by atoms with Crippen LogP contribution < -0.4 is 0 Å². The summed E-state index contributed by atoms with van der Waals surface area (Å²) in [5, 5.41) is 0. The van der Waals surface area contributed by atoms with Crippen molar-refractivity contribution in [1.82, 2.24) is 4.31 Å². The molecule has 0 heterocycles. The van der Waals surface area contributed by atoms with Gasteiger partial charge in [0.15, 0.2) is 0 Å². The lowest BCUT2D eigenvalue weighted by Crippen LogP contribution is -2.35. The number of carbonyl (C=O) groups is 1. The van der Waals surface area contributed by atoms with Crippen LogP contribution in [0.5, 0.6) is 0 Å². The van der Waals surface area contributed by atoms with Crippen LogP contribution in [0.1, 0.15) is 32.3 Å². The summed E-state index contributed by atoms with van der Waals surface area (Å²) in [5.74, 6) is -0.339. The summed E-state index contributed by atoms with van der Waals surface area (Å²) < 4.78 is 29.7. The van der Waals surface area contributed by atoms with Gasteiger partial charge in [-0.25, -0.2) is 12.7 Å². The van der Waals surface area contributed by atoms with Crippen molar-refractivity contribution in [3.8, 4) is 0 Å². The van der Waals surface area contributed by atoms with Gasteiger partial charge in [-0.2, -0.15) is 0 Å². The molecule has 0 fully saturated rings. The van der Waals surface area contributed by atoms with Gasteiger partial charge in [-0.1, -0.05) is 50.6 Å². The molecule has 0 aliphatic heterocycles. The summed E-state index contributed by atoms with van der Waals surface area (Å²) in [6.07, 6.45) is 2.61. The lowest BCUT2D eigenvalue weighted by atomic mass is 9.98. The second-order valence-electron chi connectivity index (χ2n) is 6.30. The molecule has 130 valence electrons. The van der Waals surface area contributed by atoms with Crippen molar-refractivity contribution < 1.29 is 17.9 Å². The molecule has 0 spiro atoms. The Morgan fingerprint density at radius 3 is 2.30 bits per heavy atom. The van der Waals surface area contributed by atoms with Gasteiger partial charge in [0.1, 0.15) is 6.61 Å². The Bertz CT molecular complexity index is 584. The smallest absolute Gasteiger partial charge is 0.310 e. The number of esters is 1. The van der Waals surface area contributed by atoms with Crippen molar-refractivity contribution in [3.63, 3.8) is 0 Å². The number of hydrogen-bond donors (Lipinski definition) is 0. The highest BCUT2D eigenvalue weighted by Gasteiger charge is 2.25. The number of nitrogens with zero attached hydrogens (tertiary/aromatic N) is 1. The molecule has 0 saturated carbocycles. The first-order valence-electron chi connectivity index (χ1n) is 7.82. The van der Waals surface area contributed by atoms with Crippen molar-refractivity contribution in [2.75, 3.05) is 19.8 Å². The minimum atomic E-state index is -3.31. The van der Waals surface area contributed by atoms with Crippen LogP contribution in [0.3, 0.4) is 0 Å². The largest absolute Gasteiger partial charge is 0.461 e. The SMILES string of the molecule is CC(C)CCC(CN(C)S(C)(=O)=O)C(=O)OCc1ccccc1. The van der Waals surface area contributed by atoms with E-state index in [2.05, 4.69) is 13.8 Å². The van der Waals surface area contributed by atoms with Crippen molar-refractivity contribution in [3.05, 3.63) is 35.9 Å². The summed E-state index contributed by atoms with van der Waals surface area (Å²) >= 11 is 0. The highest BCUT2D eigenvalue weighted by Crippen LogP contribution is 2.17. The lowest BCUT2D eigenvalue weighted by molar-refractivity contribution is -0.150. The van der Waals surface area contributed by atoms with Crippen molar-refractivity contribution in [2.45, 2.75) is 33.3 Å². The Labute approximate surface area is 139 Å². The molecule has 23 heavy (non-hydrogen) atoms. The number of benzene rings is 1. The molecular formula is C17H27NO4S. The van der Waals surface area contributed by atoms with Gasteiger partial charge in [0.2, 0.25) is 10.0 Å². The summed E-state index contributed by atoms with van der Waals surface area (Å²) in [4.78, 5) is 12.3. The van der Waals surface area contributed by atoms with Crippen LogP contribution in [0.25, 0.3) is 0 Å². The molecule has 0 aromatic heterocycles. The van der Waals surface area contributed by atoms with Gasteiger partial charge in [0.05, 0.1) is 12.2 Å². The molecule has 1 aromatic carbocycles. The van der Waals surface area contributed by atoms with E-state index in [4.69, 9.17) is 4.74 Å². The van der Waals surface area contributed by atoms with E-state index < -0.39 is 15.9 Å². The quantitative estimate of drug-likeness (QED) is 0.648. The first-order chi connectivity index (χ1) is 10.7. The van der Waals surface area contributed by atoms with Crippen LogP contribution in [-0.4, -0.2) is 38.5 Å². The normalized spacial score (nSPS) is 13.3. The van der Waals surface area contributed by atoms with Gasteiger partial charge in [-0.05, 0) is 17.9 Å². The minimum Gasteiger partial charge on any atom is -0.461 e. The average Bonchev–Trinajstić information content (AvgIpc) is 2.48.